The zero-order chi connectivity index (χ0) is 23.5. The minimum Gasteiger partial charge on any atom is -0.345 e. The van der Waals surface area contributed by atoms with E-state index in [9.17, 15) is 22.8 Å². The summed E-state index contributed by atoms with van der Waals surface area (Å²) < 4.78 is 42.2. The molecule has 0 bridgehead atoms. The molecule has 0 aliphatic rings. The number of carbonyl (C=O) groups is 2. The van der Waals surface area contributed by atoms with Crippen molar-refractivity contribution < 1.29 is 22.8 Å². The molecule has 0 aliphatic carbocycles. The van der Waals surface area contributed by atoms with Gasteiger partial charge in [0.2, 0.25) is 5.91 Å². The van der Waals surface area contributed by atoms with Gasteiger partial charge in [-0.1, -0.05) is 36.8 Å². The van der Waals surface area contributed by atoms with Crippen molar-refractivity contribution >= 4 is 17.5 Å². The molecule has 1 heterocycles. The predicted octanol–water partition coefficient (Wildman–Crippen LogP) is 5.04. The smallest absolute Gasteiger partial charge is 0.345 e. The first kappa shape index (κ1) is 23.1. The standard InChI is InChI=1S/C23H23F3N4O2/c1-4-20(31)29-17-9-7-16(8-10-17)15(3)28-22(32)19-13-27-30(21(19)23(24,25)26)18-11-5-14(2)6-12-18/h5-13,15H,4H2,1-3H3,(H,28,32)(H,29,31). The van der Waals surface area contributed by atoms with Gasteiger partial charge in [0.05, 0.1) is 23.5 Å². The van der Waals surface area contributed by atoms with E-state index in [1.165, 1.54) is 12.1 Å². The third-order valence-electron chi connectivity index (χ3n) is 4.92. The second-order valence-electron chi connectivity index (χ2n) is 7.37. The van der Waals surface area contributed by atoms with Crippen molar-refractivity contribution in [2.24, 2.45) is 0 Å². The summed E-state index contributed by atoms with van der Waals surface area (Å²) >= 11 is 0. The summed E-state index contributed by atoms with van der Waals surface area (Å²) in [5, 5.41) is 9.13. The number of alkyl halides is 3. The summed E-state index contributed by atoms with van der Waals surface area (Å²) in [6.45, 7) is 5.22. The van der Waals surface area contributed by atoms with E-state index >= 15 is 0 Å². The van der Waals surface area contributed by atoms with Crippen LogP contribution in [0.15, 0.2) is 54.7 Å². The molecule has 0 saturated heterocycles. The number of hydrogen-bond acceptors (Lipinski definition) is 3. The topological polar surface area (TPSA) is 76.0 Å². The van der Waals surface area contributed by atoms with E-state index < -0.39 is 29.4 Å². The largest absolute Gasteiger partial charge is 0.434 e. The molecule has 1 aromatic heterocycles. The quantitative estimate of drug-likeness (QED) is 0.559. The molecule has 1 unspecified atom stereocenters. The van der Waals surface area contributed by atoms with Crippen LogP contribution in [0.25, 0.3) is 5.69 Å². The predicted molar refractivity (Wildman–Crippen MR) is 115 cm³/mol. The van der Waals surface area contributed by atoms with Crippen molar-refractivity contribution in [3.8, 4) is 5.69 Å². The molecule has 0 spiro atoms. The molecule has 3 aromatic rings. The van der Waals surface area contributed by atoms with E-state index in [1.54, 1.807) is 50.2 Å². The second kappa shape index (κ2) is 9.25. The summed E-state index contributed by atoms with van der Waals surface area (Å²) in [5.41, 5.74) is 0.673. The molecule has 3 rings (SSSR count). The Morgan fingerprint density at radius 3 is 2.25 bits per heavy atom. The highest BCUT2D eigenvalue weighted by molar-refractivity contribution is 5.95. The lowest BCUT2D eigenvalue weighted by Crippen LogP contribution is -2.29. The summed E-state index contributed by atoms with van der Waals surface area (Å²) in [6.07, 6.45) is -3.52. The lowest BCUT2D eigenvalue weighted by atomic mass is 10.1. The zero-order valence-corrected chi connectivity index (χ0v) is 17.8. The molecule has 0 saturated carbocycles. The van der Waals surface area contributed by atoms with Gasteiger partial charge in [0.1, 0.15) is 0 Å². The first-order valence-electron chi connectivity index (χ1n) is 10.0. The van der Waals surface area contributed by atoms with Crippen LogP contribution in [0.5, 0.6) is 0 Å². The van der Waals surface area contributed by atoms with Crippen molar-refractivity contribution in [1.82, 2.24) is 15.1 Å². The maximum Gasteiger partial charge on any atom is 0.434 e. The van der Waals surface area contributed by atoms with Crippen LogP contribution >= 0.6 is 0 Å². The number of rotatable bonds is 6. The second-order valence-corrected chi connectivity index (χ2v) is 7.37. The highest BCUT2D eigenvalue weighted by Gasteiger charge is 2.40. The molecule has 0 radical (unpaired) electrons. The molecule has 2 aromatic carbocycles. The Morgan fingerprint density at radius 2 is 1.69 bits per heavy atom. The number of benzene rings is 2. The lowest BCUT2D eigenvalue weighted by Gasteiger charge is -2.16. The summed E-state index contributed by atoms with van der Waals surface area (Å²) in [7, 11) is 0. The van der Waals surface area contributed by atoms with Crippen molar-refractivity contribution in [3.63, 3.8) is 0 Å². The van der Waals surface area contributed by atoms with Crippen LogP contribution in [-0.2, 0) is 11.0 Å². The van der Waals surface area contributed by atoms with Gasteiger partial charge in [0.25, 0.3) is 5.91 Å². The molecule has 6 nitrogen and oxygen atoms in total. The number of carbonyl (C=O) groups excluding carboxylic acids is 2. The fourth-order valence-corrected chi connectivity index (χ4v) is 3.13. The minimum absolute atomic E-state index is 0.135. The Labute approximate surface area is 183 Å². The Morgan fingerprint density at radius 1 is 1.06 bits per heavy atom. The highest BCUT2D eigenvalue weighted by Crippen LogP contribution is 2.34. The van der Waals surface area contributed by atoms with Crippen LogP contribution in [0.3, 0.4) is 0 Å². The molecule has 2 amide bonds. The average Bonchev–Trinajstić information content (AvgIpc) is 3.20. The van der Waals surface area contributed by atoms with Gasteiger partial charge < -0.3 is 10.6 Å². The lowest BCUT2D eigenvalue weighted by molar-refractivity contribution is -0.143. The summed E-state index contributed by atoms with van der Waals surface area (Å²) in [6, 6.07) is 12.5. The fraction of sp³-hybridized carbons (Fsp3) is 0.261. The SMILES string of the molecule is CCC(=O)Nc1ccc(C(C)NC(=O)c2cnn(-c3ccc(C)cc3)c2C(F)(F)F)cc1. The van der Waals surface area contributed by atoms with E-state index in [-0.39, 0.29) is 11.6 Å². The number of nitrogens with zero attached hydrogens (tertiary/aromatic N) is 2. The molecule has 1 atom stereocenters. The third kappa shape index (κ3) is 5.16. The van der Waals surface area contributed by atoms with Crippen molar-refractivity contribution in [2.75, 3.05) is 5.32 Å². The van der Waals surface area contributed by atoms with Crippen molar-refractivity contribution in [3.05, 3.63) is 77.1 Å². The number of nitrogens with one attached hydrogen (secondary N) is 2. The monoisotopic (exact) mass is 444 g/mol. The zero-order valence-electron chi connectivity index (χ0n) is 17.8. The van der Waals surface area contributed by atoms with Gasteiger partial charge in [-0.15, -0.1) is 0 Å². The normalized spacial score (nSPS) is 12.3. The fourth-order valence-electron chi connectivity index (χ4n) is 3.13. The van der Waals surface area contributed by atoms with Crippen LogP contribution in [0, 0.1) is 6.92 Å². The average molecular weight is 444 g/mol. The minimum atomic E-state index is -4.78. The van der Waals surface area contributed by atoms with Gasteiger partial charge in [-0.3, -0.25) is 9.59 Å². The number of aryl methyl sites for hydroxylation is 1. The van der Waals surface area contributed by atoms with Gasteiger partial charge >= 0.3 is 6.18 Å². The van der Waals surface area contributed by atoms with Gasteiger partial charge in [-0.25, -0.2) is 4.68 Å². The molecule has 0 aliphatic heterocycles. The highest BCUT2D eigenvalue weighted by atomic mass is 19.4. The van der Waals surface area contributed by atoms with Crippen LogP contribution in [-0.4, -0.2) is 21.6 Å². The van der Waals surface area contributed by atoms with Gasteiger partial charge in [0.15, 0.2) is 5.69 Å². The molecule has 32 heavy (non-hydrogen) atoms. The summed E-state index contributed by atoms with van der Waals surface area (Å²) in [4.78, 5) is 24.2. The van der Waals surface area contributed by atoms with Crippen molar-refractivity contribution in [2.45, 2.75) is 39.4 Å². The number of hydrogen-bond donors (Lipinski definition) is 2. The molecule has 9 heteroatoms. The Hall–Kier alpha value is -3.62. The summed E-state index contributed by atoms with van der Waals surface area (Å²) in [5.74, 6) is -1.02. The van der Waals surface area contributed by atoms with Crippen LogP contribution < -0.4 is 10.6 Å². The molecule has 168 valence electrons. The van der Waals surface area contributed by atoms with Gasteiger partial charge in [-0.2, -0.15) is 18.3 Å². The van der Waals surface area contributed by atoms with E-state index in [4.69, 9.17) is 0 Å². The number of halogens is 3. The van der Waals surface area contributed by atoms with E-state index in [0.29, 0.717) is 17.7 Å². The molecular formula is C23H23F3N4O2. The number of anilines is 1. The van der Waals surface area contributed by atoms with Crippen LogP contribution in [0.2, 0.25) is 0 Å². The third-order valence-corrected chi connectivity index (χ3v) is 4.92. The van der Waals surface area contributed by atoms with E-state index in [0.717, 1.165) is 16.4 Å². The first-order chi connectivity index (χ1) is 15.1. The Bertz CT molecular complexity index is 1100. The maximum absolute atomic E-state index is 13.8. The molecule has 0 fully saturated rings. The maximum atomic E-state index is 13.8. The molecule has 2 N–H and O–H groups in total. The van der Waals surface area contributed by atoms with Crippen LogP contribution in [0.4, 0.5) is 18.9 Å². The Balaban J connectivity index is 1.83. The first-order valence-corrected chi connectivity index (χ1v) is 10.0. The van der Waals surface area contributed by atoms with E-state index in [1.807, 2.05) is 6.92 Å². The molecular weight excluding hydrogens is 421 g/mol. The van der Waals surface area contributed by atoms with Crippen molar-refractivity contribution in [1.29, 1.82) is 0 Å². The van der Waals surface area contributed by atoms with Gasteiger partial charge in [-0.05, 0) is 43.7 Å². The number of amides is 2. The van der Waals surface area contributed by atoms with E-state index in [2.05, 4.69) is 15.7 Å². The number of aromatic nitrogens is 2. The van der Waals surface area contributed by atoms with Gasteiger partial charge in [0, 0.05) is 12.1 Å². The Kier molecular flexibility index (Phi) is 6.67. The van der Waals surface area contributed by atoms with Crippen LogP contribution in [0.1, 0.15) is 53.5 Å².